The van der Waals surface area contributed by atoms with E-state index >= 15 is 0 Å². The molecule has 154 valence electrons. The lowest BCUT2D eigenvalue weighted by Crippen LogP contribution is -2.44. The number of amides is 1. The summed E-state index contributed by atoms with van der Waals surface area (Å²) >= 11 is 0. The largest absolute Gasteiger partial charge is 0.454 e. The Morgan fingerprint density at radius 2 is 1.93 bits per heavy atom. The second kappa shape index (κ2) is 9.91. The van der Waals surface area contributed by atoms with Crippen LogP contribution in [-0.2, 0) is 11.3 Å². The Hall–Kier alpha value is -3.09. The number of ether oxygens (including phenoxy) is 1. The van der Waals surface area contributed by atoms with Crippen molar-refractivity contribution in [3.63, 3.8) is 0 Å². The molecule has 6 nitrogen and oxygen atoms in total. The first kappa shape index (κ1) is 20.6. The molecule has 0 spiro atoms. The zero-order chi connectivity index (χ0) is 20.6. The Morgan fingerprint density at radius 1 is 1.21 bits per heavy atom. The fourth-order valence-corrected chi connectivity index (χ4v) is 3.29. The average molecular weight is 398 g/mol. The lowest BCUT2D eigenvalue weighted by molar-refractivity contribution is -0.129. The van der Waals surface area contributed by atoms with Crippen LogP contribution < -0.4 is 15.4 Å². The van der Waals surface area contributed by atoms with Crippen LogP contribution in [0.2, 0.25) is 0 Å². The molecule has 0 radical (unpaired) electrons. The van der Waals surface area contributed by atoms with Gasteiger partial charge in [0, 0.05) is 44.7 Å². The number of para-hydroxylation sites is 2. The van der Waals surface area contributed by atoms with Crippen molar-refractivity contribution >= 4 is 11.9 Å². The maximum atomic E-state index is 13.9. The maximum Gasteiger partial charge on any atom is 0.222 e. The third-order valence-electron chi connectivity index (χ3n) is 4.88. The van der Waals surface area contributed by atoms with E-state index in [9.17, 15) is 9.18 Å². The number of guanidine groups is 1. The molecule has 7 heteroatoms. The van der Waals surface area contributed by atoms with Gasteiger partial charge in [0.15, 0.2) is 17.5 Å². The number of aliphatic imine (C=N–C) groups is 1. The number of rotatable bonds is 6. The smallest absolute Gasteiger partial charge is 0.222 e. The van der Waals surface area contributed by atoms with Crippen molar-refractivity contribution in [2.24, 2.45) is 4.99 Å². The van der Waals surface area contributed by atoms with Gasteiger partial charge >= 0.3 is 0 Å². The highest BCUT2D eigenvalue weighted by Crippen LogP contribution is 2.27. The number of hydrogen-bond acceptors (Lipinski definition) is 3. The van der Waals surface area contributed by atoms with Crippen molar-refractivity contribution in [3.05, 3.63) is 59.9 Å². The van der Waals surface area contributed by atoms with E-state index in [0.29, 0.717) is 31.2 Å². The van der Waals surface area contributed by atoms with E-state index in [0.717, 1.165) is 18.5 Å². The van der Waals surface area contributed by atoms with E-state index in [2.05, 4.69) is 15.6 Å². The fraction of sp³-hybridized carbons (Fsp3) is 0.364. The first-order valence-corrected chi connectivity index (χ1v) is 9.86. The second-order valence-electron chi connectivity index (χ2n) is 6.89. The SMILES string of the molecule is CCC(=O)N1CCC(NC(=NC)NCc2ccccc2Oc2ccccc2F)C1. The third kappa shape index (κ3) is 5.47. The molecule has 1 atom stereocenters. The molecule has 2 aromatic carbocycles. The van der Waals surface area contributed by atoms with Gasteiger partial charge in [0.1, 0.15) is 5.75 Å². The monoisotopic (exact) mass is 398 g/mol. The summed E-state index contributed by atoms with van der Waals surface area (Å²) in [5.41, 5.74) is 0.882. The molecule has 1 amide bonds. The minimum atomic E-state index is -0.403. The highest BCUT2D eigenvalue weighted by molar-refractivity contribution is 5.80. The summed E-state index contributed by atoms with van der Waals surface area (Å²) in [4.78, 5) is 18.0. The maximum absolute atomic E-state index is 13.9. The minimum Gasteiger partial charge on any atom is -0.454 e. The van der Waals surface area contributed by atoms with Crippen LogP contribution in [0.4, 0.5) is 4.39 Å². The van der Waals surface area contributed by atoms with Crippen LogP contribution in [0.3, 0.4) is 0 Å². The normalized spacial score (nSPS) is 16.6. The number of carbonyl (C=O) groups excluding carboxylic acids is 1. The zero-order valence-electron chi connectivity index (χ0n) is 16.8. The number of nitrogens with one attached hydrogen (secondary N) is 2. The average Bonchev–Trinajstić information content (AvgIpc) is 3.21. The van der Waals surface area contributed by atoms with E-state index in [1.165, 1.54) is 6.07 Å². The Kier molecular flexibility index (Phi) is 7.05. The molecule has 0 aromatic heterocycles. The van der Waals surface area contributed by atoms with Crippen molar-refractivity contribution in [1.82, 2.24) is 15.5 Å². The molecule has 1 fully saturated rings. The first-order chi connectivity index (χ1) is 14.1. The van der Waals surface area contributed by atoms with Gasteiger partial charge in [0.05, 0.1) is 0 Å². The molecule has 2 N–H and O–H groups in total. The Bertz CT molecular complexity index is 871. The van der Waals surface area contributed by atoms with Crippen LogP contribution in [0.25, 0.3) is 0 Å². The second-order valence-corrected chi connectivity index (χ2v) is 6.89. The Labute approximate surface area is 170 Å². The zero-order valence-corrected chi connectivity index (χ0v) is 16.8. The molecule has 3 rings (SSSR count). The molecule has 29 heavy (non-hydrogen) atoms. The standard InChI is InChI=1S/C22H27FN4O2/c1-3-21(28)27-13-12-17(15-27)26-22(24-2)25-14-16-8-4-6-10-19(16)29-20-11-7-5-9-18(20)23/h4-11,17H,3,12-15H2,1-2H3,(H2,24,25,26). The van der Waals surface area contributed by atoms with Crippen LogP contribution in [0, 0.1) is 5.82 Å². The van der Waals surface area contributed by atoms with E-state index in [1.54, 1.807) is 25.2 Å². The van der Waals surface area contributed by atoms with E-state index < -0.39 is 5.82 Å². The van der Waals surface area contributed by atoms with E-state index in [-0.39, 0.29) is 17.7 Å². The van der Waals surface area contributed by atoms with Gasteiger partial charge in [-0.1, -0.05) is 37.3 Å². The van der Waals surface area contributed by atoms with E-state index in [1.807, 2.05) is 36.1 Å². The van der Waals surface area contributed by atoms with E-state index in [4.69, 9.17) is 4.74 Å². The Balaban J connectivity index is 1.59. The predicted octanol–water partition coefficient (Wildman–Crippen LogP) is 3.29. The molecule has 0 aliphatic carbocycles. The molecule has 0 saturated carbocycles. The summed E-state index contributed by atoms with van der Waals surface area (Å²) in [5.74, 6) is 1.20. The van der Waals surface area contributed by atoms with Gasteiger partial charge in [0.25, 0.3) is 0 Å². The van der Waals surface area contributed by atoms with Crippen LogP contribution in [0.15, 0.2) is 53.5 Å². The van der Waals surface area contributed by atoms with Crippen molar-refractivity contribution in [2.75, 3.05) is 20.1 Å². The molecule has 0 bridgehead atoms. The highest BCUT2D eigenvalue weighted by Gasteiger charge is 2.25. The molecular weight excluding hydrogens is 371 g/mol. The van der Waals surface area contributed by atoms with Gasteiger partial charge in [-0.05, 0) is 24.6 Å². The summed E-state index contributed by atoms with van der Waals surface area (Å²) in [5, 5.41) is 6.64. The van der Waals surface area contributed by atoms with Crippen molar-refractivity contribution < 1.29 is 13.9 Å². The van der Waals surface area contributed by atoms with Gasteiger partial charge in [-0.2, -0.15) is 0 Å². The Morgan fingerprint density at radius 3 is 2.66 bits per heavy atom. The molecule has 1 aliphatic heterocycles. The fourth-order valence-electron chi connectivity index (χ4n) is 3.29. The highest BCUT2D eigenvalue weighted by atomic mass is 19.1. The summed E-state index contributed by atoms with van der Waals surface area (Å²) in [6.45, 7) is 3.79. The summed E-state index contributed by atoms with van der Waals surface area (Å²) in [7, 11) is 1.71. The number of hydrogen-bond donors (Lipinski definition) is 2. The summed E-state index contributed by atoms with van der Waals surface area (Å²) < 4.78 is 19.7. The van der Waals surface area contributed by atoms with Crippen LogP contribution in [-0.4, -0.2) is 42.9 Å². The topological polar surface area (TPSA) is 66.0 Å². The van der Waals surface area contributed by atoms with Gasteiger partial charge in [-0.15, -0.1) is 0 Å². The van der Waals surface area contributed by atoms with Crippen LogP contribution >= 0.6 is 0 Å². The van der Waals surface area contributed by atoms with Crippen LogP contribution in [0.5, 0.6) is 11.5 Å². The van der Waals surface area contributed by atoms with Gasteiger partial charge in [-0.25, -0.2) is 4.39 Å². The molecule has 2 aromatic rings. The lowest BCUT2D eigenvalue weighted by atomic mass is 10.2. The minimum absolute atomic E-state index is 0.168. The molecule has 1 heterocycles. The molecule has 1 unspecified atom stereocenters. The summed E-state index contributed by atoms with van der Waals surface area (Å²) in [6, 6.07) is 14.0. The van der Waals surface area contributed by atoms with Crippen molar-refractivity contribution in [1.29, 1.82) is 0 Å². The number of benzene rings is 2. The van der Waals surface area contributed by atoms with Crippen LogP contribution in [0.1, 0.15) is 25.3 Å². The van der Waals surface area contributed by atoms with Gasteiger partial charge in [-0.3, -0.25) is 9.79 Å². The number of carbonyl (C=O) groups is 1. The van der Waals surface area contributed by atoms with Crippen molar-refractivity contribution in [2.45, 2.75) is 32.4 Å². The molecular formula is C22H27FN4O2. The molecule has 1 saturated heterocycles. The third-order valence-corrected chi connectivity index (χ3v) is 4.88. The molecule has 1 aliphatic rings. The van der Waals surface area contributed by atoms with Gasteiger partial charge < -0.3 is 20.3 Å². The number of nitrogens with zero attached hydrogens (tertiary/aromatic N) is 2. The lowest BCUT2D eigenvalue weighted by Gasteiger charge is -2.19. The quantitative estimate of drug-likeness (QED) is 0.579. The predicted molar refractivity (Wildman–Crippen MR) is 112 cm³/mol. The number of likely N-dealkylation sites (tertiary alicyclic amines) is 1. The van der Waals surface area contributed by atoms with Crippen molar-refractivity contribution in [3.8, 4) is 11.5 Å². The first-order valence-electron chi connectivity index (χ1n) is 9.86. The summed E-state index contributed by atoms with van der Waals surface area (Å²) in [6.07, 6.45) is 1.41. The number of halogens is 1. The van der Waals surface area contributed by atoms with Gasteiger partial charge in [0.2, 0.25) is 5.91 Å².